The van der Waals surface area contributed by atoms with E-state index >= 15 is 0 Å². The molecule has 0 aromatic carbocycles. The van der Waals surface area contributed by atoms with Crippen LogP contribution in [0.3, 0.4) is 0 Å². The molecule has 1 aromatic rings. The van der Waals surface area contributed by atoms with E-state index in [9.17, 15) is 4.79 Å². The minimum atomic E-state index is -0.224. The first-order valence-electron chi connectivity index (χ1n) is 6.54. The number of carbonyl (C=O) groups is 1. The molecular formula is C12H20N4O2S. The Labute approximate surface area is 116 Å². The summed E-state index contributed by atoms with van der Waals surface area (Å²) in [5.74, 6) is 0.0399. The molecule has 1 amide bonds. The van der Waals surface area contributed by atoms with Crippen molar-refractivity contribution >= 4 is 28.2 Å². The van der Waals surface area contributed by atoms with Gasteiger partial charge in [-0.3, -0.25) is 4.79 Å². The normalized spacial score (nSPS) is 16.7. The number of hydrogen-bond donors (Lipinski definition) is 4. The molecule has 106 valence electrons. The van der Waals surface area contributed by atoms with Gasteiger partial charge in [0.05, 0.1) is 0 Å². The van der Waals surface area contributed by atoms with Crippen LogP contribution in [-0.4, -0.2) is 34.7 Å². The van der Waals surface area contributed by atoms with Crippen LogP contribution < -0.4 is 16.4 Å². The molecule has 2 rings (SSSR count). The molecule has 1 aliphatic rings. The fourth-order valence-electron chi connectivity index (χ4n) is 1.84. The third kappa shape index (κ3) is 3.57. The molecule has 0 bridgehead atoms. The zero-order chi connectivity index (χ0) is 13.8. The molecular weight excluding hydrogens is 264 g/mol. The summed E-state index contributed by atoms with van der Waals surface area (Å²) in [6, 6.07) is 0.386. The van der Waals surface area contributed by atoms with Crippen molar-refractivity contribution in [1.82, 2.24) is 10.3 Å². The first-order chi connectivity index (χ1) is 9.10. The van der Waals surface area contributed by atoms with Crippen molar-refractivity contribution in [2.75, 3.05) is 17.7 Å². The number of thiazole rings is 1. The number of aliphatic hydroxyl groups is 1. The Morgan fingerprint density at radius 3 is 2.95 bits per heavy atom. The lowest BCUT2D eigenvalue weighted by molar-refractivity contribution is 0.0939. The van der Waals surface area contributed by atoms with E-state index < -0.39 is 0 Å². The van der Waals surface area contributed by atoms with E-state index in [-0.39, 0.29) is 24.4 Å². The Morgan fingerprint density at radius 2 is 2.37 bits per heavy atom. The predicted octanol–water partition coefficient (Wildman–Crippen LogP) is 1.19. The monoisotopic (exact) mass is 284 g/mol. The van der Waals surface area contributed by atoms with Crippen molar-refractivity contribution in [3.63, 3.8) is 0 Å². The van der Waals surface area contributed by atoms with Gasteiger partial charge in [0.25, 0.3) is 5.91 Å². The molecule has 0 radical (unpaired) electrons. The van der Waals surface area contributed by atoms with Gasteiger partial charge < -0.3 is 21.5 Å². The average Bonchev–Trinajstić information content (AvgIpc) is 2.65. The van der Waals surface area contributed by atoms with Crippen LogP contribution in [0.4, 0.5) is 10.9 Å². The maximum absolute atomic E-state index is 12.0. The summed E-state index contributed by atoms with van der Waals surface area (Å²) in [5, 5.41) is 15.6. The molecule has 5 N–H and O–H groups in total. The first kappa shape index (κ1) is 14.1. The fourth-order valence-corrected chi connectivity index (χ4v) is 2.70. The lowest BCUT2D eigenvalue weighted by Gasteiger charge is -2.25. The van der Waals surface area contributed by atoms with Gasteiger partial charge in [0, 0.05) is 18.7 Å². The number of nitrogens with zero attached hydrogens (tertiary/aromatic N) is 1. The van der Waals surface area contributed by atoms with Crippen LogP contribution in [0, 0.1) is 0 Å². The standard InChI is InChI=1S/C12H20N4O2S/c1-7(5-6-17)14-11(18)9-10(13)16-12(19-9)15-8-3-2-4-8/h7-8,17H,2-6,13H2,1H3,(H,14,18)(H,15,16). The topological polar surface area (TPSA) is 100 Å². The maximum atomic E-state index is 12.0. The number of rotatable bonds is 6. The molecule has 1 atom stereocenters. The van der Waals surface area contributed by atoms with E-state index in [1.54, 1.807) is 0 Å². The Bertz CT molecular complexity index is 445. The zero-order valence-corrected chi connectivity index (χ0v) is 11.8. The Kier molecular flexibility index (Phi) is 4.60. The van der Waals surface area contributed by atoms with Gasteiger partial charge in [-0.15, -0.1) is 0 Å². The number of aliphatic hydroxyl groups excluding tert-OH is 1. The number of carbonyl (C=O) groups excluding carboxylic acids is 1. The lowest BCUT2D eigenvalue weighted by Crippen LogP contribution is -2.33. The Morgan fingerprint density at radius 1 is 1.63 bits per heavy atom. The van der Waals surface area contributed by atoms with Crippen LogP contribution in [0.5, 0.6) is 0 Å². The molecule has 1 fully saturated rings. The summed E-state index contributed by atoms with van der Waals surface area (Å²) in [4.78, 5) is 16.6. The minimum absolute atomic E-state index is 0.0497. The summed E-state index contributed by atoms with van der Waals surface area (Å²) >= 11 is 1.28. The van der Waals surface area contributed by atoms with Crippen molar-refractivity contribution in [2.24, 2.45) is 0 Å². The predicted molar refractivity (Wildman–Crippen MR) is 76.4 cm³/mol. The smallest absolute Gasteiger partial charge is 0.265 e. The summed E-state index contributed by atoms with van der Waals surface area (Å²) in [6.45, 7) is 1.90. The molecule has 7 heteroatoms. The fraction of sp³-hybridized carbons (Fsp3) is 0.667. The first-order valence-corrected chi connectivity index (χ1v) is 7.36. The molecule has 1 aliphatic carbocycles. The van der Waals surface area contributed by atoms with Gasteiger partial charge in [0.1, 0.15) is 10.7 Å². The Balaban J connectivity index is 1.96. The summed E-state index contributed by atoms with van der Waals surface area (Å²) in [6.07, 6.45) is 4.06. The third-order valence-electron chi connectivity index (χ3n) is 3.23. The minimum Gasteiger partial charge on any atom is -0.396 e. The van der Waals surface area contributed by atoms with Crippen LogP contribution in [0.1, 0.15) is 42.3 Å². The molecule has 1 unspecified atom stereocenters. The van der Waals surface area contributed by atoms with Gasteiger partial charge >= 0.3 is 0 Å². The number of nitrogens with two attached hydrogens (primary N) is 1. The second-order valence-electron chi connectivity index (χ2n) is 4.89. The van der Waals surface area contributed by atoms with Crippen LogP contribution >= 0.6 is 11.3 Å². The number of aromatic nitrogens is 1. The third-order valence-corrected chi connectivity index (χ3v) is 4.23. The number of nitrogen functional groups attached to an aromatic ring is 1. The molecule has 0 saturated heterocycles. The molecule has 1 heterocycles. The second-order valence-corrected chi connectivity index (χ2v) is 5.89. The molecule has 6 nitrogen and oxygen atoms in total. The summed E-state index contributed by atoms with van der Waals surface area (Å²) < 4.78 is 0. The lowest BCUT2D eigenvalue weighted by atomic mass is 9.93. The maximum Gasteiger partial charge on any atom is 0.265 e. The van der Waals surface area contributed by atoms with E-state index in [4.69, 9.17) is 10.8 Å². The van der Waals surface area contributed by atoms with Gasteiger partial charge in [0.15, 0.2) is 5.13 Å². The number of amides is 1. The summed E-state index contributed by atoms with van der Waals surface area (Å²) in [7, 11) is 0. The molecule has 1 aromatic heterocycles. The van der Waals surface area contributed by atoms with Crippen molar-refractivity contribution in [3.05, 3.63) is 4.88 Å². The highest BCUT2D eigenvalue weighted by molar-refractivity contribution is 7.18. The molecule has 0 spiro atoms. The average molecular weight is 284 g/mol. The highest BCUT2D eigenvalue weighted by Crippen LogP contribution is 2.29. The van der Waals surface area contributed by atoms with Crippen LogP contribution in [0.15, 0.2) is 0 Å². The van der Waals surface area contributed by atoms with E-state index in [0.717, 1.165) is 12.8 Å². The van der Waals surface area contributed by atoms with Gasteiger partial charge in [-0.05, 0) is 32.6 Å². The van der Waals surface area contributed by atoms with Crippen LogP contribution in [0.25, 0.3) is 0 Å². The van der Waals surface area contributed by atoms with Crippen LogP contribution in [-0.2, 0) is 0 Å². The zero-order valence-electron chi connectivity index (χ0n) is 11.0. The highest BCUT2D eigenvalue weighted by atomic mass is 32.1. The number of anilines is 2. The van der Waals surface area contributed by atoms with Crippen molar-refractivity contribution in [1.29, 1.82) is 0 Å². The SMILES string of the molecule is CC(CCO)NC(=O)c1sc(NC2CCC2)nc1N. The van der Waals surface area contributed by atoms with Gasteiger partial charge in [0.2, 0.25) is 0 Å². The van der Waals surface area contributed by atoms with E-state index in [0.29, 0.717) is 22.5 Å². The van der Waals surface area contributed by atoms with E-state index in [2.05, 4.69) is 15.6 Å². The largest absolute Gasteiger partial charge is 0.396 e. The quantitative estimate of drug-likeness (QED) is 0.629. The van der Waals surface area contributed by atoms with Crippen molar-refractivity contribution in [3.8, 4) is 0 Å². The molecule has 0 aliphatic heterocycles. The number of hydrogen-bond acceptors (Lipinski definition) is 6. The second kappa shape index (κ2) is 6.21. The van der Waals surface area contributed by atoms with Gasteiger partial charge in [-0.2, -0.15) is 0 Å². The van der Waals surface area contributed by atoms with E-state index in [1.807, 2.05) is 6.92 Å². The van der Waals surface area contributed by atoms with E-state index in [1.165, 1.54) is 17.8 Å². The van der Waals surface area contributed by atoms with Crippen molar-refractivity contribution < 1.29 is 9.90 Å². The van der Waals surface area contributed by atoms with Gasteiger partial charge in [-0.1, -0.05) is 11.3 Å². The van der Waals surface area contributed by atoms with Crippen molar-refractivity contribution in [2.45, 2.75) is 44.7 Å². The molecule has 1 saturated carbocycles. The Hall–Kier alpha value is -1.34. The molecule has 19 heavy (non-hydrogen) atoms. The van der Waals surface area contributed by atoms with Crippen LogP contribution in [0.2, 0.25) is 0 Å². The number of nitrogens with one attached hydrogen (secondary N) is 2. The summed E-state index contributed by atoms with van der Waals surface area (Å²) in [5.41, 5.74) is 5.78. The van der Waals surface area contributed by atoms with Gasteiger partial charge in [-0.25, -0.2) is 4.98 Å². The highest BCUT2D eigenvalue weighted by Gasteiger charge is 2.21.